The van der Waals surface area contributed by atoms with Crippen molar-refractivity contribution >= 4 is 35.2 Å². The lowest BCUT2D eigenvalue weighted by Gasteiger charge is -2.33. The van der Waals surface area contributed by atoms with E-state index in [9.17, 15) is 14.4 Å². The molecule has 2 aromatic carbocycles. The fraction of sp³-hybridized carbons (Fsp3) is 0.348. The van der Waals surface area contributed by atoms with E-state index in [4.69, 9.17) is 14.7 Å². The van der Waals surface area contributed by atoms with Crippen LogP contribution in [0.1, 0.15) is 35.7 Å². The fourth-order valence-corrected chi connectivity index (χ4v) is 4.73. The summed E-state index contributed by atoms with van der Waals surface area (Å²) in [7, 11) is 1.62. The van der Waals surface area contributed by atoms with E-state index in [1.54, 1.807) is 37.7 Å². The largest absolute Gasteiger partial charge is 0.497 e. The topological polar surface area (TPSA) is 105 Å². The third kappa shape index (κ3) is 5.60. The van der Waals surface area contributed by atoms with Gasteiger partial charge in [0.1, 0.15) is 12.3 Å². The Balaban J connectivity index is 1.76. The van der Waals surface area contributed by atoms with Crippen molar-refractivity contribution in [1.29, 1.82) is 0 Å². The van der Waals surface area contributed by atoms with Crippen LogP contribution in [0, 0.1) is 0 Å². The Morgan fingerprint density at radius 2 is 1.94 bits per heavy atom. The van der Waals surface area contributed by atoms with Crippen molar-refractivity contribution in [1.82, 2.24) is 5.48 Å². The quantitative estimate of drug-likeness (QED) is 0.338. The maximum Gasteiger partial charge on any atom is 0.338 e. The van der Waals surface area contributed by atoms with E-state index in [0.29, 0.717) is 17.7 Å². The minimum absolute atomic E-state index is 0.233. The molecule has 1 atom stereocenters. The van der Waals surface area contributed by atoms with Gasteiger partial charge in [0.2, 0.25) is 5.91 Å². The Morgan fingerprint density at radius 3 is 2.59 bits per heavy atom. The molecule has 170 valence electrons. The molecule has 2 aromatic rings. The second-order valence-electron chi connectivity index (χ2n) is 7.21. The Hall–Kier alpha value is -3.04. The third-order valence-electron chi connectivity index (χ3n) is 5.09. The number of nitrogens with zero attached hydrogens (tertiary/aromatic N) is 1. The molecule has 8 nitrogen and oxygen atoms in total. The number of fused-ring (bicyclic) bond motifs is 1. The number of hydroxylamine groups is 1. The average Bonchev–Trinajstić information content (AvgIpc) is 2.81. The number of amides is 2. The van der Waals surface area contributed by atoms with Crippen LogP contribution in [0.25, 0.3) is 0 Å². The normalized spacial score (nSPS) is 15.2. The van der Waals surface area contributed by atoms with Gasteiger partial charge in [0.15, 0.2) is 0 Å². The van der Waals surface area contributed by atoms with Gasteiger partial charge in [0.05, 0.1) is 30.2 Å². The van der Waals surface area contributed by atoms with Crippen molar-refractivity contribution in [2.45, 2.75) is 36.3 Å². The highest BCUT2D eigenvalue weighted by atomic mass is 32.2. The zero-order valence-corrected chi connectivity index (χ0v) is 18.8. The van der Waals surface area contributed by atoms with E-state index in [2.05, 4.69) is 0 Å². The first-order valence-electron chi connectivity index (χ1n) is 10.3. The van der Waals surface area contributed by atoms with E-state index in [0.717, 1.165) is 29.1 Å². The monoisotopic (exact) mass is 458 g/mol. The number of ether oxygens (including phenoxy) is 2. The number of hydrogen-bond acceptors (Lipinski definition) is 7. The SMILES string of the molecule is CCOC(=O)c1ccc2c(c1)N(CC(=O)NO)C(=O)[C@H](CCCc1ccc(OC)cc1)S2. The first-order valence-corrected chi connectivity index (χ1v) is 11.2. The van der Waals surface area contributed by atoms with E-state index in [1.807, 2.05) is 24.3 Å². The minimum atomic E-state index is -0.713. The van der Waals surface area contributed by atoms with Crippen molar-refractivity contribution in [2.75, 3.05) is 25.2 Å². The number of methoxy groups -OCH3 is 1. The molecule has 32 heavy (non-hydrogen) atoms. The molecular formula is C23H26N2O6S. The summed E-state index contributed by atoms with van der Waals surface area (Å²) < 4.78 is 10.2. The molecule has 1 aliphatic rings. The molecule has 0 unspecified atom stereocenters. The van der Waals surface area contributed by atoms with Crippen LogP contribution in [0.15, 0.2) is 47.4 Å². The van der Waals surface area contributed by atoms with Gasteiger partial charge in [-0.2, -0.15) is 0 Å². The number of thioether (sulfide) groups is 1. The number of benzene rings is 2. The Bertz CT molecular complexity index is 979. The van der Waals surface area contributed by atoms with E-state index < -0.39 is 11.9 Å². The summed E-state index contributed by atoms with van der Waals surface area (Å²) in [5.74, 6) is -0.652. The molecule has 0 spiro atoms. The van der Waals surface area contributed by atoms with Gasteiger partial charge < -0.3 is 14.4 Å². The molecule has 2 amide bonds. The third-order valence-corrected chi connectivity index (χ3v) is 6.41. The van der Waals surface area contributed by atoms with Gasteiger partial charge in [-0.15, -0.1) is 11.8 Å². The summed E-state index contributed by atoms with van der Waals surface area (Å²) in [5, 5.41) is 8.58. The lowest BCUT2D eigenvalue weighted by atomic mass is 10.1. The van der Waals surface area contributed by atoms with Crippen molar-refractivity contribution in [3.05, 3.63) is 53.6 Å². The van der Waals surface area contributed by atoms with Crippen LogP contribution >= 0.6 is 11.8 Å². The standard InChI is InChI=1S/C23H26N2O6S/c1-3-31-23(28)16-9-12-19-18(13-16)25(14-21(26)24-29)22(27)20(32-19)6-4-5-15-7-10-17(30-2)11-8-15/h7-13,20,29H,3-6,14H2,1-2H3,(H,24,26)/t20-/m0/s1. The molecule has 0 aromatic heterocycles. The second kappa shape index (κ2) is 11.0. The van der Waals surface area contributed by atoms with Crippen LogP contribution in [0.4, 0.5) is 5.69 Å². The number of esters is 1. The van der Waals surface area contributed by atoms with Crippen LogP contribution in [0.2, 0.25) is 0 Å². The molecule has 0 radical (unpaired) electrons. The summed E-state index contributed by atoms with van der Waals surface area (Å²) in [6, 6.07) is 12.8. The van der Waals surface area contributed by atoms with Gasteiger partial charge in [-0.05, 0) is 62.1 Å². The molecule has 0 fully saturated rings. The number of nitrogens with one attached hydrogen (secondary N) is 1. The van der Waals surface area contributed by atoms with Crippen LogP contribution in [0.5, 0.6) is 5.75 Å². The van der Waals surface area contributed by atoms with Gasteiger partial charge in [-0.1, -0.05) is 12.1 Å². The van der Waals surface area contributed by atoms with Crippen LogP contribution < -0.4 is 15.1 Å². The Morgan fingerprint density at radius 1 is 1.19 bits per heavy atom. The molecule has 3 rings (SSSR count). The number of carbonyl (C=O) groups is 3. The molecular weight excluding hydrogens is 432 g/mol. The first-order chi connectivity index (χ1) is 15.5. The van der Waals surface area contributed by atoms with Crippen LogP contribution in [-0.4, -0.2) is 48.5 Å². The minimum Gasteiger partial charge on any atom is -0.497 e. The van der Waals surface area contributed by atoms with E-state index >= 15 is 0 Å². The fourth-order valence-electron chi connectivity index (χ4n) is 3.47. The van der Waals surface area contributed by atoms with Gasteiger partial charge in [-0.25, -0.2) is 10.3 Å². The van der Waals surface area contributed by atoms with Crippen LogP contribution in [-0.2, 0) is 20.7 Å². The van der Waals surface area contributed by atoms with Crippen molar-refractivity contribution in [3.8, 4) is 5.75 Å². The van der Waals surface area contributed by atoms with E-state index in [-0.39, 0.29) is 24.3 Å². The molecule has 2 N–H and O–H groups in total. The molecule has 0 aliphatic carbocycles. The summed E-state index contributed by atoms with van der Waals surface area (Å²) in [6.45, 7) is 1.60. The highest BCUT2D eigenvalue weighted by Gasteiger charge is 2.35. The Kier molecular flexibility index (Phi) is 8.13. The predicted molar refractivity (Wildman–Crippen MR) is 120 cm³/mol. The summed E-state index contributed by atoms with van der Waals surface area (Å²) in [4.78, 5) is 39.3. The zero-order chi connectivity index (χ0) is 23.1. The number of hydrogen-bond donors (Lipinski definition) is 2. The summed E-state index contributed by atoms with van der Waals surface area (Å²) in [6.07, 6.45) is 2.21. The molecule has 0 bridgehead atoms. The van der Waals surface area contributed by atoms with Gasteiger partial charge in [0.25, 0.3) is 5.91 Å². The first kappa shape index (κ1) is 23.6. The second-order valence-corrected chi connectivity index (χ2v) is 8.45. The Labute approximate surface area is 190 Å². The molecule has 9 heteroatoms. The number of aryl methyl sites for hydroxylation is 1. The number of carbonyl (C=O) groups excluding carboxylic acids is 3. The van der Waals surface area contributed by atoms with Crippen LogP contribution in [0.3, 0.4) is 0 Å². The molecule has 0 saturated carbocycles. The average molecular weight is 459 g/mol. The molecule has 1 heterocycles. The lowest BCUT2D eigenvalue weighted by Crippen LogP contribution is -2.46. The highest BCUT2D eigenvalue weighted by molar-refractivity contribution is 8.01. The summed E-state index contributed by atoms with van der Waals surface area (Å²) in [5.41, 5.74) is 3.47. The van der Waals surface area contributed by atoms with E-state index in [1.165, 1.54) is 16.7 Å². The zero-order valence-electron chi connectivity index (χ0n) is 18.0. The lowest BCUT2D eigenvalue weighted by molar-refractivity contribution is -0.129. The van der Waals surface area contributed by atoms with Crippen molar-refractivity contribution < 1.29 is 29.1 Å². The number of anilines is 1. The summed E-state index contributed by atoms with van der Waals surface area (Å²) >= 11 is 1.42. The predicted octanol–water partition coefficient (Wildman–Crippen LogP) is 3.21. The smallest absolute Gasteiger partial charge is 0.338 e. The maximum absolute atomic E-state index is 13.2. The van der Waals surface area contributed by atoms with Gasteiger partial charge >= 0.3 is 5.97 Å². The van der Waals surface area contributed by atoms with Gasteiger partial charge in [0, 0.05) is 4.90 Å². The van der Waals surface area contributed by atoms with Crippen molar-refractivity contribution in [3.63, 3.8) is 0 Å². The highest BCUT2D eigenvalue weighted by Crippen LogP contribution is 2.41. The van der Waals surface area contributed by atoms with Gasteiger partial charge in [-0.3, -0.25) is 14.8 Å². The number of rotatable bonds is 9. The maximum atomic E-state index is 13.2. The molecule has 1 aliphatic heterocycles. The van der Waals surface area contributed by atoms with Crippen molar-refractivity contribution in [2.24, 2.45) is 0 Å². The molecule has 0 saturated heterocycles.